The van der Waals surface area contributed by atoms with Crippen LogP contribution < -0.4 is 4.74 Å². The maximum Gasteiger partial charge on any atom is 0.260 e. The summed E-state index contributed by atoms with van der Waals surface area (Å²) in [5.74, 6) is -1.39. The number of benzene rings is 1. The van der Waals surface area contributed by atoms with E-state index >= 15 is 0 Å². The Morgan fingerprint density at radius 3 is 2.71 bits per heavy atom. The molecular weight excluding hydrogens is 392 g/mol. The zero-order valence-electron chi connectivity index (χ0n) is 14.8. The van der Waals surface area contributed by atoms with Crippen molar-refractivity contribution in [3.8, 4) is 11.8 Å². The Kier molecular flexibility index (Phi) is 5.34. The Labute approximate surface area is 160 Å². The topological polar surface area (TPSA) is 104 Å². The number of nitrogens with zero attached hydrogens (tertiary/aromatic N) is 3. The summed E-state index contributed by atoms with van der Waals surface area (Å²) < 4.78 is 59.0. The molecule has 7 nitrogen and oxygen atoms in total. The lowest BCUT2D eigenvalue weighted by Gasteiger charge is -2.28. The second kappa shape index (κ2) is 7.43. The predicted molar refractivity (Wildman–Crippen MR) is 93.7 cm³/mol. The quantitative estimate of drug-likeness (QED) is 0.808. The number of pyridine rings is 1. The zero-order chi connectivity index (χ0) is 20.5. The minimum atomic E-state index is -4.08. The van der Waals surface area contributed by atoms with Crippen molar-refractivity contribution in [2.75, 3.05) is 13.1 Å². The Morgan fingerprint density at radius 1 is 1.39 bits per heavy atom. The molecule has 0 radical (unpaired) electrons. The van der Waals surface area contributed by atoms with E-state index in [1.165, 1.54) is 12.1 Å². The summed E-state index contributed by atoms with van der Waals surface area (Å²) in [5.41, 5.74) is -1.67. The van der Waals surface area contributed by atoms with Crippen LogP contribution in [0.3, 0.4) is 0 Å². The summed E-state index contributed by atoms with van der Waals surface area (Å²) in [6, 6.07) is 7.33. The van der Waals surface area contributed by atoms with Gasteiger partial charge < -0.3 is 9.84 Å². The third-order valence-electron chi connectivity index (χ3n) is 4.67. The average Bonchev–Trinajstić information content (AvgIpc) is 3.00. The number of rotatable bonds is 5. The Balaban J connectivity index is 1.86. The van der Waals surface area contributed by atoms with Gasteiger partial charge >= 0.3 is 0 Å². The highest BCUT2D eigenvalue weighted by molar-refractivity contribution is 7.89. The van der Waals surface area contributed by atoms with Crippen LogP contribution in [0.5, 0.6) is 5.75 Å². The summed E-state index contributed by atoms with van der Waals surface area (Å²) in [7, 11) is -4.08. The van der Waals surface area contributed by atoms with Gasteiger partial charge in [0.25, 0.3) is 10.0 Å². The maximum absolute atomic E-state index is 13.8. The number of halogens is 2. The van der Waals surface area contributed by atoms with Crippen LogP contribution in [-0.4, -0.2) is 47.6 Å². The molecule has 28 heavy (non-hydrogen) atoms. The fourth-order valence-corrected chi connectivity index (χ4v) is 4.38. The van der Waals surface area contributed by atoms with Crippen LogP contribution in [-0.2, 0) is 10.0 Å². The SMILES string of the molecule is CC[C@]1(O)CN(S(=O)(=O)c2ccc(F)cn2)CC1Oc1ccc(C#N)c(F)c1. The molecule has 2 atom stereocenters. The molecule has 1 fully saturated rings. The number of β-amino-alcohol motifs (C(OH)–C–C–N with tert-alkyl or cyclic N) is 1. The molecule has 0 spiro atoms. The number of ether oxygens (including phenoxy) is 1. The van der Waals surface area contributed by atoms with E-state index in [0.717, 1.165) is 28.7 Å². The Hall–Kier alpha value is -2.61. The van der Waals surface area contributed by atoms with Gasteiger partial charge in [0.2, 0.25) is 0 Å². The number of hydrogen-bond acceptors (Lipinski definition) is 6. The van der Waals surface area contributed by atoms with Crippen molar-refractivity contribution >= 4 is 10.0 Å². The second-order valence-electron chi connectivity index (χ2n) is 6.43. The Bertz CT molecular complexity index is 1020. The lowest BCUT2D eigenvalue weighted by molar-refractivity contribution is -0.0302. The van der Waals surface area contributed by atoms with E-state index in [4.69, 9.17) is 10.00 Å². The van der Waals surface area contributed by atoms with E-state index in [-0.39, 0.29) is 35.8 Å². The van der Waals surface area contributed by atoms with Gasteiger partial charge in [-0.2, -0.15) is 9.57 Å². The molecule has 0 bridgehead atoms. The smallest absolute Gasteiger partial charge is 0.260 e. The highest BCUT2D eigenvalue weighted by Crippen LogP contribution is 2.32. The highest BCUT2D eigenvalue weighted by Gasteiger charge is 2.50. The summed E-state index contributed by atoms with van der Waals surface area (Å²) in [6.45, 7) is 1.21. The van der Waals surface area contributed by atoms with Crippen LogP contribution in [0, 0.1) is 23.0 Å². The molecule has 148 valence electrons. The summed E-state index contributed by atoms with van der Waals surface area (Å²) in [6.07, 6.45) is 0.00182. The first-order valence-electron chi connectivity index (χ1n) is 8.40. The van der Waals surface area contributed by atoms with Crippen LogP contribution in [0.15, 0.2) is 41.6 Å². The van der Waals surface area contributed by atoms with Gasteiger partial charge in [0, 0.05) is 12.6 Å². The van der Waals surface area contributed by atoms with Crippen molar-refractivity contribution in [3.05, 3.63) is 53.7 Å². The minimum Gasteiger partial charge on any atom is -0.486 e. The van der Waals surface area contributed by atoms with Crippen LogP contribution in [0.2, 0.25) is 0 Å². The lowest BCUT2D eigenvalue weighted by Crippen LogP contribution is -2.44. The monoisotopic (exact) mass is 409 g/mol. The van der Waals surface area contributed by atoms with Gasteiger partial charge in [-0.15, -0.1) is 0 Å². The largest absolute Gasteiger partial charge is 0.486 e. The molecule has 2 aromatic rings. The molecule has 0 amide bonds. The molecule has 1 aliphatic heterocycles. The molecule has 3 rings (SSSR count). The van der Waals surface area contributed by atoms with Crippen LogP contribution in [0.4, 0.5) is 8.78 Å². The van der Waals surface area contributed by atoms with E-state index in [9.17, 15) is 22.3 Å². The summed E-state index contributed by atoms with van der Waals surface area (Å²) >= 11 is 0. The van der Waals surface area contributed by atoms with Crippen LogP contribution >= 0.6 is 0 Å². The maximum atomic E-state index is 13.8. The molecule has 1 saturated heterocycles. The lowest BCUT2D eigenvalue weighted by atomic mass is 9.97. The van der Waals surface area contributed by atoms with Gasteiger partial charge in [-0.05, 0) is 30.7 Å². The number of hydrogen-bond donors (Lipinski definition) is 1. The molecule has 0 aliphatic carbocycles. The predicted octanol–water partition coefficient (Wildman–Crippen LogP) is 1.82. The molecule has 2 heterocycles. The highest BCUT2D eigenvalue weighted by atomic mass is 32.2. The molecule has 1 unspecified atom stereocenters. The van der Waals surface area contributed by atoms with Gasteiger partial charge in [0.15, 0.2) is 5.03 Å². The number of aromatic nitrogens is 1. The average molecular weight is 409 g/mol. The molecule has 0 saturated carbocycles. The minimum absolute atomic E-state index is 0.0625. The summed E-state index contributed by atoms with van der Waals surface area (Å²) in [4.78, 5) is 3.60. The van der Waals surface area contributed by atoms with E-state index in [1.807, 2.05) is 0 Å². The van der Waals surface area contributed by atoms with Crippen molar-refractivity contribution in [2.24, 2.45) is 0 Å². The van der Waals surface area contributed by atoms with E-state index in [1.54, 1.807) is 13.0 Å². The van der Waals surface area contributed by atoms with Gasteiger partial charge in [0.1, 0.15) is 35.2 Å². The molecule has 1 aliphatic rings. The van der Waals surface area contributed by atoms with Crippen molar-refractivity contribution in [3.63, 3.8) is 0 Å². The number of nitriles is 1. The normalized spacial score (nSPS) is 22.8. The first kappa shape index (κ1) is 20.1. The van der Waals surface area contributed by atoms with Crippen molar-refractivity contribution in [2.45, 2.75) is 30.1 Å². The third-order valence-corrected chi connectivity index (χ3v) is 6.40. The van der Waals surface area contributed by atoms with Gasteiger partial charge in [0.05, 0.1) is 18.3 Å². The number of aliphatic hydroxyl groups is 1. The second-order valence-corrected chi connectivity index (χ2v) is 8.31. The van der Waals surface area contributed by atoms with E-state index in [0.29, 0.717) is 0 Å². The first-order valence-corrected chi connectivity index (χ1v) is 9.84. The molecule has 1 aromatic carbocycles. The fourth-order valence-electron chi connectivity index (χ4n) is 2.97. The van der Waals surface area contributed by atoms with Crippen molar-refractivity contribution in [1.29, 1.82) is 5.26 Å². The van der Waals surface area contributed by atoms with E-state index in [2.05, 4.69) is 4.98 Å². The zero-order valence-corrected chi connectivity index (χ0v) is 15.7. The standard InChI is InChI=1S/C18H17F2N3O4S/c1-2-18(24)11-23(28(25,26)17-6-4-13(19)9-22-17)10-16(18)27-14-5-3-12(8-21)15(20)7-14/h3-7,9,16,24H,2,10-11H2,1H3/t16?,18-/m0/s1. The van der Waals surface area contributed by atoms with Gasteiger partial charge in [-0.25, -0.2) is 22.2 Å². The Morgan fingerprint density at radius 2 is 2.14 bits per heavy atom. The van der Waals surface area contributed by atoms with E-state index < -0.39 is 33.4 Å². The van der Waals surface area contributed by atoms with Crippen molar-refractivity contribution < 1.29 is 27.0 Å². The molecule has 1 N–H and O–H groups in total. The van der Waals surface area contributed by atoms with Crippen molar-refractivity contribution in [1.82, 2.24) is 9.29 Å². The first-order chi connectivity index (χ1) is 13.2. The number of sulfonamides is 1. The van der Waals surface area contributed by atoms with Crippen LogP contribution in [0.1, 0.15) is 18.9 Å². The third kappa shape index (κ3) is 3.69. The molecule has 1 aromatic heterocycles. The van der Waals surface area contributed by atoms with Gasteiger partial charge in [-0.3, -0.25) is 0 Å². The van der Waals surface area contributed by atoms with Gasteiger partial charge in [-0.1, -0.05) is 6.92 Å². The molecule has 10 heteroatoms. The molecular formula is C18H17F2N3O4S. The van der Waals surface area contributed by atoms with Crippen LogP contribution in [0.25, 0.3) is 0 Å². The fraction of sp³-hybridized carbons (Fsp3) is 0.333. The summed E-state index contributed by atoms with van der Waals surface area (Å²) in [5, 5.41) is 19.3.